The number of unbranched alkanes of at least 4 members (excludes halogenated alkanes) is 3. The topological polar surface area (TPSA) is 25.3 Å². The maximum absolute atomic E-state index is 12.5. The van der Waals surface area contributed by atoms with Gasteiger partial charge in [-0.05, 0) is 122 Å². The van der Waals surface area contributed by atoms with E-state index in [0.29, 0.717) is 0 Å². The van der Waals surface area contributed by atoms with Gasteiger partial charge in [0.15, 0.2) is 0 Å². The van der Waals surface area contributed by atoms with Crippen LogP contribution in [0.15, 0.2) is 35.4 Å². The Hall–Kier alpha value is -2.48. The molecule has 0 unspecified atom stereocenters. The summed E-state index contributed by atoms with van der Waals surface area (Å²) in [6.45, 7) is 18.4. The fourth-order valence-corrected chi connectivity index (χ4v) is 7.67. The highest BCUT2D eigenvalue weighted by Crippen LogP contribution is 2.46. The predicted octanol–water partition coefficient (Wildman–Crippen LogP) is 13.3. The van der Waals surface area contributed by atoms with Crippen molar-refractivity contribution >= 4 is 11.4 Å². The zero-order valence-corrected chi connectivity index (χ0v) is 30.6. The molecule has 1 heterocycles. The van der Waals surface area contributed by atoms with Crippen LogP contribution in [0.2, 0.25) is 0 Å². The van der Waals surface area contributed by atoms with Gasteiger partial charge in [0.25, 0.3) is 0 Å². The van der Waals surface area contributed by atoms with Crippen LogP contribution in [0, 0.1) is 0 Å². The molecule has 0 bridgehead atoms. The van der Waals surface area contributed by atoms with E-state index in [1.54, 1.807) is 15.8 Å². The van der Waals surface area contributed by atoms with Gasteiger partial charge >= 0.3 is 0 Å². The van der Waals surface area contributed by atoms with E-state index in [-0.39, 0.29) is 0 Å². The standard InChI is InChI=1S/C43H66N2/c1-9-17-19-27-41-40(26-18-10-2)42(36-28-32(20-11-3)38(24-15-7)33(29-36)21-12-4)45(44)43(41)37-30-34(22-13-5)39(25-16-8)35(31-37)23-14-6/h28-31H,9-27H2,1-8H3. The van der Waals surface area contributed by atoms with Crippen LogP contribution in [-0.2, 0) is 38.5 Å². The van der Waals surface area contributed by atoms with Crippen molar-refractivity contribution in [3.8, 4) is 0 Å². The van der Waals surface area contributed by atoms with Crippen LogP contribution in [0.25, 0.3) is 16.9 Å². The minimum atomic E-state index is 1.02. The Morgan fingerprint density at radius 2 is 0.733 bits per heavy atom. The number of aryl methyl sites for hydroxylation is 4. The van der Waals surface area contributed by atoms with Gasteiger partial charge in [0.1, 0.15) is 0 Å². The van der Waals surface area contributed by atoms with Gasteiger partial charge in [-0.15, -0.1) is 0 Å². The highest BCUT2D eigenvalue weighted by Gasteiger charge is 2.36. The molecule has 0 aliphatic carbocycles. The van der Waals surface area contributed by atoms with Crippen molar-refractivity contribution in [3.05, 3.63) is 85.5 Å². The van der Waals surface area contributed by atoms with Crippen molar-refractivity contribution in [3.63, 3.8) is 0 Å². The lowest BCUT2D eigenvalue weighted by atomic mass is 9.86. The second-order valence-electron chi connectivity index (χ2n) is 13.6. The molecule has 248 valence electrons. The molecular weight excluding hydrogens is 544 g/mol. The van der Waals surface area contributed by atoms with Crippen LogP contribution in [0.1, 0.15) is 183 Å². The third kappa shape index (κ3) is 9.08. The van der Waals surface area contributed by atoms with Crippen molar-refractivity contribution in [2.45, 2.75) is 177 Å². The molecule has 0 radical (unpaired) electrons. The number of benzene rings is 2. The van der Waals surface area contributed by atoms with Gasteiger partial charge in [0.05, 0.1) is 0 Å². The number of rotatable bonds is 21. The predicted molar refractivity (Wildman–Crippen MR) is 198 cm³/mol. The van der Waals surface area contributed by atoms with E-state index in [9.17, 15) is 5.53 Å². The summed E-state index contributed by atoms with van der Waals surface area (Å²) >= 11 is 0. The fraction of sp³-hybridized carbons (Fsp3) is 0.628. The molecule has 0 atom stereocenters. The molecule has 0 aromatic heterocycles. The number of allylic oxidation sites excluding steroid dienone is 2. The van der Waals surface area contributed by atoms with E-state index in [2.05, 4.69) is 79.7 Å². The van der Waals surface area contributed by atoms with Crippen LogP contribution in [0.3, 0.4) is 0 Å². The molecule has 0 saturated heterocycles. The Bertz CT molecular complexity index is 1270. The Morgan fingerprint density at radius 3 is 1.04 bits per heavy atom. The summed E-state index contributed by atoms with van der Waals surface area (Å²) in [4.78, 5) is 0. The lowest BCUT2D eigenvalue weighted by Crippen LogP contribution is -2.08. The van der Waals surface area contributed by atoms with Gasteiger partial charge < -0.3 is 5.53 Å². The first-order chi connectivity index (χ1) is 21.9. The summed E-state index contributed by atoms with van der Waals surface area (Å²) < 4.78 is 1.66. The molecular formula is C43H66N2. The quantitative estimate of drug-likeness (QED) is 0.0992. The molecule has 0 fully saturated rings. The van der Waals surface area contributed by atoms with Gasteiger partial charge in [-0.1, -0.05) is 113 Å². The van der Waals surface area contributed by atoms with E-state index in [4.69, 9.17) is 0 Å². The highest BCUT2D eigenvalue weighted by atomic mass is 15.2. The summed E-state index contributed by atoms with van der Waals surface area (Å²) in [6, 6.07) is 9.84. The Morgan fingerprint density at radius 1 is 0.400 bits per heavy atom. The van der Waals surface area contributed by atoms with E-state index >= 15 is 0 Å². The van der Waals surface area contributed by atoms with E-state index in [0.717, 1.165) is 101 Å². The SMILES string of the molecule is CCCCCC1=C(c2cc(CCC)c(CCC)c(CCC)c2)[N+](=[N-])C(c2cc(CCC)c(CCC)c(CCC)c2)=C1CCCC. The van der Waals surface area contributed by atoms with Crippen molar-refractivity contribution in [1.82, 2.24) is 0 Å². The number of nitrogens with zero attached hydrogens (tertiary/aromatic N) is 2. The van der Waals surface area contributed by atoms with Gasteiger partial charge in [0.2, 0.25) is 11.4 Å². The average Bonchev–Trinajstić information content (AvgIpc) is 3.30. The highest BCUT2D eigenvalue weighted by molar-refractivity contribution is 5.83. The first-order valence-corrected chi connectivity index (χ1v) is 19.2. The molecule has 0 saturated carbocycles. The van der Waals surface area contributed by atoms with Crippen LogP contribution in [0.4, 0.5) is 0 Å². The molecule has 2 aromatic carbocycles. The molecule has 1 aliphatic heterocycles. The van der Waals surface area contributed by atoms with Crippen LogP contribution < -0.4 is 0 Å². The smallest absolute Gasteiger partial charge is 0.211 e. The third-order valence-corrected chi connectivity index (χ3v) is 9.66. The van der Waals surface area contributed by atoms with Crippen molar-refractivity contribution in [2.75, 3.05) is 0 Å². The second-order valence-corrected chi connectivity index (χ2v) is 13.6. The largest absolute Gasteiger partial charge is 0.493 e. The van der Waals surface area contributed by atoms with E-state index in [1.165, 1.54) is 76.6 Å². The molecule has 3 rings (SSSR count). The first-order valence-electron chi connectivity index (χ1n) is 19.2. The Balaban J connectivity index is 2.35. The molecule has 0 spiro atoms. The zero-order valence-electron chi connectivity index (χ0n) is 30.6. The molecule has 2 heteroatoms. The normalized spacial score (nSPS) is 13.6. The van der Waals surface area contributed by atoms with Gasteiger partial charge in [-0.2, -0.15) is 0 Å². The molecule has 1 aliphatic rings. The minimum Gasteiger partial charge on any atom is -0.493 e. The van der Waals surface area contributed by atoms with Crippen molar-refractivity contribution < 1.29 is 4.70 Å². The van der Waals surface area contributed by atoms with Gasteiger partial charge in [0, 0.05) is 22.3 Å². The maximum Gasteiger partial charge on any atom is 0.211 e. The lowest BCUT2D eigenvalue weighted by molar-refractivity contribution is -0.345. The Labute approximate surface area is 278 Å². The summed E-state index contributed by atoms with van der Waals surface area (Å²) in [6.07, 6.45) is 21.6. The number of hydrogen-bond donors (Lipinski definition) is 0. The molecule has 0 amide bonds. The van der Waals surface area contributed by atoms with Crippen molar-refractivity contribution in [1.29, 1.82) is 0 Å². The molecule has 45 heavy (non-hydrogen) atoms. The summed E-state index contributed by atoms with van der Waals surface area (Å²) in [5.74, 6) is 0. The van der Waals surface area contributed by atoms with Crippen LogP contribution in [0.5, 0.6) is 0 Å². The van der Waals surface area contributed by atoms with Gasteiger partial charge in [-0.25, -0.2) is 4.70 Å². The fourth-order valence-electron chi connectivity index (χ4n) is 7.67. The van der Waals surface area contributed by atoms with Crippen LogP contribution in [-0.4, -0.2) is 4.70 Å². The number of hydrogen-bond acceptors (Lipinski definition) is 0. The average molecular weight is 611 g/mol. The van der Waals surface area contributed by atoms with Gasteiger partial charge in [-0.3, -0.25) is 0 Å². The van der Waals surface area contributed by atoms with Crippen molar-refractivity contribution in [2.24, 2.45) is 0 Å². The monoisotopic (exact) mass is 611 g/mol. The van der Waals surface area contributed by atoms with E-state index in [1.807, 2.05) is 0 Å². The summed E-state index contributed by atoms with van der Waals surface area (Å²) in [5, 5.41) is 0. The maximum atomic E-state index is 12.5. The zero-order chi connectivity index (χ0) is 32.8. The first kappa shape index (κ1) is 37.0. The molecule has 2 aromatic rings. The van der Waals surface area contributed by atoms with Crippen LogP contribution >= 0.6 is 0 Å². The Kier molecular flexibility index (Phi) is 15.8. The summed E-state index contributed by atoms with van der Waals surface area (Å²) in [5.41, 5.74) is 29.0. The third-order valence-electron chi connectivity index (χ3n) is 9.66. The van der Waals surface area contributed by atoms with E-state index < -0.39 is 0 Å². The lowest BCUT2D eigenvalue weighted by Gasteiger charge is -2.19. The second kappa shape index (κ2) is 19.2. The minimum absolute atomic E-state index is 1.02. The molecule has 0 N–H and O–H groups in total. The summed E-state index contributed by atoms with van der Waals surface area (Å²) in [7, 11) is 0. The molecule has 2 nitrogen and oxygen atoms in total.